The van der Waals surface area contributed by atoms with Crippen molar-refractivity contribution >= 4 is 0 Å². The molecule has 1 heterocycles. The number of nitrogens with one attached hydrogen (secondary N) is 2. The van der Waals surface area contributed by atoms with Gasteiger partial charge in [0.05, 0.1) is 0 Å². The van der Waals surface area contributed by atoms with E-state index in [1.54, 1.807) is 0 Å². The summed E-state index contributed by atoms with van der Waals surface area (Å²) in [4.78, 5) is 0. The van der Waals surface area contributed by atoms with Crippen molar-refractivity contribution in [1.29, 1.82) is 0 Å². The van der Waals surface area contributed by atoms with Crippen molar-refractivity contribution in [3.63, 3.8) is 0 Å². The monoisotopic (exact) mass is 127 g/mol. The van der Waals surface area contributed by atoms with E-state index < -0.39 is 0 Å². The third-order valence-electron chi connectivity index (χ3n) is 1.60. The van der Waals surface area contributed by atoms with Crippen LogP contribution in [0.15, 0.2) is 0 Å². The maximum absolute atomic E-state index is 3.12. The van der Waals surface area contributed by atoms with E-state index in [9.17, 15) is 0 Å². The zero-order valence-corrected chi connectivity index (χ0v) is 5.82. The van der Waals surface area contributed by atoms with Gasteiger partial charge in [-0.3, -0.25) is 10.9 Å². The SMILES string of the molecule is [CH]1CCCCCCNN1. The van der Waals surface area contributed by atoms with E-state index in [1.807, 2.05) is 0 Å². The van der Waals surface area contributed by atoms with Gasteiger partial charge in [-0.15, -0.1) is 0 Å². The predicted molar refractivity (Wildman–Crippen MR) is 38.5 cm³/mol. The minimum Gasteiger partial charge on any atom is -0.258 e. The van der Waals surface area contributed by atoms with Gasteiger partial charge in [-0.1, -0.05) is 19.3 Å². The molecule has 1 radical (unpaired) electrons. The highest BCUT2D eigenvalue weighted by Crippen LogP contribution is 2.03. The van der Waals surface area contributed by atoms with Crippen molar-refractivity contribution in [1.82, 2.24) is 10.9 Å². The summed E-state index contributed by atoms with van der Waals surface area (Å²) >= 11 is 0. The van der Waals surface area contributed by atoms with Crippen LogP contribution in [-0.2, 0) is 0 Å². The molecule has 0 aliphatic carbocycles. The molecule has 0 atom stereocenters. The molecular formula is C7H15N2. The predicted octanol–water partition coefficient (Wildman–Crippen LogP) is 1.21. The van der Waals surface area contributed by atoms with Crippen LogP contribution in [0.2, 0.25) is 0 Å². The van der Waals surface area contributed by atoms with Crippen LogP contribution in [-0.4, -0.2) is 6.54 Å². The lowest BCUT2D eigenvalue weighted by molar-refractivity contribution is 0.569. The van der Waals surface area contributed by atoms with Gasteiger partial charge >= 0.3 is 0 Å². The molecule has 1 fully saturated rings. The van der Waals surface area contributed by atoms with E-state index >= 15 is 0 Å². The topological polar surface area (TPSA) is 24.1 Å². The molecule has 0 saturated carbocycles. The summed E-state index contributed by atoms with van der Waals surface area (Å²) in [7, 11) is 0. The van der Waals surface area contributed by atoms with Gasteiger partial charge in [0.1, 0.15) is 0 Å². The summed E-state index contributed by atoms with van der Waals surface area (Å²) in [6.07, 6.45) is 6.62. The van der Waals surface area contributed by atoms with E-state index in [2.05, 4.69) is 17.4 Å². The van der Waals surface area contributed by atoms with Crippen LogP contribution in [0.25, 0.3) is 0 Å². The lowest BCUT2D eigenvalue weighted by Crippen LogP contribution is -2.29. The summed E-state index contributed by atoms with van der Waals surface area (Å²) in [5, 5.41) is 0. The molecule has 53 valence electrons. The second-order valence-electron chi connectivity index (χ2n) is 2.48. The van der Waals surface area contributed by atoms with Crippen LogP contribution in [0.5, 0.6) is 0 Å². The van der Waals surface area contributed by atoms with E-state index in [4.69, 9.17) is 0 Å². The Morgan fingerprint density at radius 3 is 2.89 bits per heavy atom. The fourth-order valence-corrected chi connectivity index (χ4v) is 1.03. The number of hydrogen-bond acceptors (Lipinski definition) is 2. The molecule has 1 rings (SSSR count). The van der Waals surface area contributed by atoms with Crippen LogP contribution >= 0.6 is 0 Å². The average molecular weight is 127 g/mol. The average Bonchev–Trinajstić information content (AvgIpc) is 2.00. The second-order valence-corrected chi connectivity index (χ2v) is 2.48. The molecule has 1 saturated heterocycles. The van der Waals surface area contributed by atoms with Gasteiger partial charge in [0.15, 0.2) is 0 Å². The second kappa shape index (κ2) is 4.77. The molecule has 0 unspecified atom stereocenters. The van der Waals surface area contributed by atoms with Crippen molar-refractivity contribution < 1.29 is 0 Å². The summed E-state index contributed by atoms with van der Waals surface area (Å²) in [6, 6.07) is 0. The maximum Gasteiger partial charge on any atom is 0.0379 e. The highest BCUT2D eigenvalue weighted by Gasteiger charge is 1.94. The molecule has 1 aliphatic rings. The van der Waals surface area contributed by atoms with Crippen molar-refractivity contribution in [2.24, 2.45) is 0 Å². The smallest absolute Gasteiger partial charge is 0.0379 e. The Hall–Kier alpha value is -0.0800. The number of hydrogen-bond donors (Lipinski definition) is 2. The summed E-state index contributed by atoms with van der Waals surface area (Å²) < 4.78 is 0. The first-order valence-corrected chi connectivity index (χ1v) is 3.80. The molecule has 2 N–H and O–H groups in total. The van der Waals surface area contributed by atoms with Gasteiger partial charge in [-0.25, -0.2) is 0 Å². The third kappa shape index (κ3) is 3.49. The van der Waals surface area contributed by atoms with E-state index in [-0.39, 0.29) is 0 Å². The molecule has 0 amide bonds. The van der Waals surface area contributed by atoms with Crippen LogP contribution in [0.3, 0.4) is 0 Å². The standard InChI is InChI=1S/C7H15N2/c1-2-4-6-8-9-7-5-3-1/h6,8-9H,1-5,7H2. The highest BCUT2D eigenvalue weighted by atomic mass is 15.3. The molecule has 1 aliphatic heterocycles. The van der Waals surface area contributed by atoms with Crippen LogP contribution in [0, 0.1) is 6.54 Å². The minimum atomic E-state index is 1.11. The number of hydrazine groups is 1. The summed E-state index contributed by atoms with van der Waals surface area (Å²) in [5.41, 5.74) is 6.17. The first-order chi connectivity index (χ1) is 4.50. The largest absolute Gasteiger partial charge is 0.258 e. The Balaban J connectivity index is 2.02. The lowest BCUT2D eigenvalue weighted by Gasteiger charge is -2.00. The zero-order chi connectivity index (χ0) is 6.36. The fourth-order valence-electron chi connectivity index (χ4n) is 1.03. The lowest BCUT2D eigenvalue weighted by atomic mass is 10.1. The van der Waals surface area contributed by atoms with Gasteiger partial charge in [0, 0.05) is 13.1 Å². The molecule has 0 spiro atoms. The molecule has 2 nitrogen and oxygen atoms in total. The van der Waals surface area contributed by atoms with Gasteiger partial charge < -0.3 is 0 Å². The van der Waals surface area contributed by atoms with Crippen molar-refractivity contribution in [2.45, 2.75) is 32.1 Å². The Labute approximate surface area is 57.0 Å². The molecule has 0 aromatic heterocycles. The molecule has 9 heavy (non-hydrogen) atoms. The van der Waals surface area contributed by atoms with Gasteiger partial charge in [-0.2, -0.15) is 0 Å². The Morgan fingerprint density at radius 2 is 1.89 bits per heavy atom. The first-order valence-electron chi connectivity index (χ1n) is 3.80. The molecular weight excluding hydrogens is 112 g/mol. The Morgan fingerprint density at radius 1 is 1.00 bits per heavy atom. The summed E-state index contributed by atoms with van der Waals surface area (Å²) in [6.45, 7) is 3.21. The zero-order valence-electron chi connectivity index (χ0n) is 5.82. The molecule has 2 heteroatoms. The minimum absolute atomic E-state index is 1.11. The van der Waals surface area contributed by atoms with Crippen LogP contribution in [0.1, 0.15) is 32.1 Å². The van der Waals surface area contributed by atoms with Gasteiger partial charge in [-0.05, 0) is 12.8 Å². The van der Waals surface area contributed by atoms with Gasteiger partial charge in [0.2, 0.25) is 0 Å². The van der Waals surface area contributed by atoms with E-state index in [0.29, 0.717) is 0 Å². The molecule has 0 aromatic carbocycles. The first kappa shape index (κ1) is 7.03. The highest BCUT2D eigenvalue weighted by molar-refractivity contribution is 4.61. The Kier molecular flexibility index (Phi) is 3.72. The third-order valence-corrected chi connectivity index (χ3v) is 1.60. The van der Waals surface area contributed by atoms with E-state index in [1.165, 1.54) is 32.1 Å². The normalized spacial score (nSPS) is 24.0. The quantitative estimate of drug-likeness (QED) is 0.511. The van der Waals surface area contributed by atoms with Crippen molar-refractivity contribution in [2.75, 3.05) is 6.54 Å². The molecule has 0 bridgehead atoms. The van der Waals surface area contributed by atoms with Gasteiger partial charge in [0.25, 0.3) is 0 Å². The van der Waals surface area contributed by atoms with Crippen LogP contribution < -0.4 is 10.9 Å². The maximum atomic E-state index is 3.12. The van der Waals surface area contributed by atoms with E-state index in [0.717, 1.165) is 6.54 Å². The summed E-state index contributed by atoms with van der Waals surface area (Å²) in [5.74, 6) is 0. The number of rotatable bonds is 0. The fraction of sp³-hybridized carbons (Fsp3) is 0.857. The van der Waals surface area contributed by atoms with Crippen LogP contribution in [0.4, 0.5) is 0 Å². The van der Waals surface area contributed by atoms with Crippen molar-refractivity contribution in [3.8, 4) is 0 Å². The molecule has 0 aromatic rings. The van der Waals surface area contributed by atoms with Crippen molar-refractivity contribution in [3.05, 3.63) is 6.54 Å². The Bertz CT molecular complexity index is 35.4.